The Balaban J connectivity index is 2.71. The van der Waals surface area contributed by atoms with E-state index in [0.717, 1.165) is 5.56 Å². The van der Waals surface area contributed by atoms with Crippen LogP contribution < -0.4 is 0 Å². The molecule has 76 valence electrons. The summed E-state index contributed by atoms with van der Waals surface area (Å²) in [5.41, 5.74) is 1.09. The maximum absolute atomic E-state index is 11.7. The predicted octanol–water partition coefficient (Wildman–Crippen LogP) is 3.20. The van der Waals surface area contributed by atoms with E-state index in [4.69, 9.17) is 0 Å². The van der Waals surface area contributed by atoms with Gasteiger partial charge in [-0.05, 0) is 32.4 Å². The molecule has 1 aromatic rings. The topological polar surface area (TPSA) is 17.1 Å². The first-order valence-corrected chi connectivity index (χ1v) is 5.85. The molecule has 0 aliphatic carbocycles. The van der Waals surface area contributed by atoms with Crippen molar-refractivity contribution in [2.45, 2.75) is 25.5 Å². The van der Waals surface area contributed by atoms with Gasteiger partial charge in [0.25, 0.3) is 0 Å². The van der Waals surface area contributed by atoms with Crippen LogP contribution in [0, 0.1) is 0 Å². The summed E-state index contributed by atoms with van der Waals surface area (Å²) in [5, 5.41) is 1.76. The van der Waals surface area contributed by atoms with Gasteiger partial charge < -0.3 is 0 Å². The quantitative estimate of drug-likeness (QED) is 0.729. The van der Waals surface area contributed by atoms with E-state index in [0.29, 0.717) is 0 Å². The zero-order valence-electron chi connectivity index (χ0n) is 8.86. The molecule has 0 N–H and O–H groups in total. The molecule has 0 bridgehead atoms. The molecule has 0 aliphatic rings. The van der Waals surface area contributed by atoms with Crippen molar-refractivity contribution >= 4 is 16.9 Å². The van der Waals surface area contributed by atoms with E-state index in [1.54, 1.807) is 5.41 Å². The van der Waals surface area contributed by atoms with Crippen molar-refractivity contribution in [3.05, 3.63) is 41.3 Å². The molecule has 1 aromatic carbocycles. The van der Waals surface area contributed by atoms with Crippen LogP contribution in [-0.2, 0) is 10.8 Å². The van der Waals surface area contributed by atoms with Crippen molar-refractivity contribution in [1.82, 2.24) is 0 Å². The van der Waals surface area contributed by atoms with E-state index in [2.05, 4.69) is 0 Å². The Hall–Kier alpha value is -0.890. The highest BCUT2D eigenvalue weighted by molar-refractivity contribution is 7.89. The van der Waals surface area contributed by atoms with Crippen molar-refractivity contribution in [1.29, 1.82) is 0 Å². The Morgan fingerprint density at radius 2 is 1.71 bits per heavy atom. The van der Waals surface area contributed by atoms with Crippen molar-refractivity contribution in [3.8, 4) is 0 Å². The predicted molar refractivity (Wildman–Crippen MR) is 63.4 cm³/mol. The molecule has 0 radical (unpaired) electrons. The Morgan fingerprint density at radius 3 is 2.21 bits per heavy atom. The van der Waals surface area contributed by atoms with Crippen LogP contribution in [-0.4, -0.2) is 8.96 Å². The van der Waals surface area contributed by atoms with E-state index in [1.807, 2.05) is 57.2 Å². The molecule has 0 aliphatic heterocycles. The molecule has 0 aromatic heterocycles. The Labute approximate surface area is 88.3 Å². The Morgan fingerprint density at radius 1 is 1.14 bits per heavy atom. The minimum atomic E-state index is -0.918. The monoisotopic (exact) mass is 208 g/mol. The Bertz CT molecular complexity index is 333. The number of hydrogen-bond donors (Lipinski definition) is 0. The molecule has 1 unspecified atom stereocenters. The summed E-state index contributed by atoms with van der Waals surface area (Å²) in [6.45, 7) is 5.91. The van der Waals surface area contributed by atoms with Crippen LogP contribution in [0.15, 0.2) is 35.7 Å². The molecule has 0 heterocycles. The molecule has 0 amide bonds. The average molecular weight is 208 g/mol. The third-order valence-corrected chi connectivity index (χ3v) is 3.38. The highest BCUT2D eigenvalue weighted by atomic mass is 32.2. The van der Waals surface area contributed by atoms with E-state index in [1.165, 1.54) is 0 Å². The van der Waals surface area contributed by atoms with Crippen LogP contribution in [0.3, 0.4) is 0 Å². The van der Waals surface area contributed by atoms with Gasteiger partial charge in [-0.3, -0.25) is 4.21 Å². The second-order valence-corrected chi connectivity index (χ2v) is 6.21. The molecular weight excluding hydrogens is 192 g/mol. The van der Waals surface area contributed by atoms with Gasteiger partial charge in [0, 0.05) is 10.2 Å². The second-order valence-electron chi connectivity index (χ2n) is 4.12. The molecular formula is C12H16OS. The zero-order chi connectivity index (χ0) is 10.6. The van der Waals surface area contributed by atoms with Crippen LogP contribution in [0.5, 0.6) is 0 Å². The van der Waals surface area contributed by atoms with Gasteiger partial charge in [-0.25, -0.2) is 0 Å². The Kier molecular flexibility index (Phi) is 3.64. The lowest BCUT2D eigenvalue weighted by Gasteiger charge is -2.13. The van der Waals surface area contributed by atoms with Crippen molar-refractivity contribution in [3.63, 3.8) is 0 Å². The summed E-state index contributed by atoms with van der Waals surface area (Å²) in [4.78, 5) is 0. The van der Waals surface area contributed by atoms with E-state index in [-0.39, 0.29) is 4.75 Å². The summed E-state index contributed by atoms with van der Waals surface area (Å²) >= 11 is 0. The van der Waals surface area contributed by atoms with E-state index in [9.17, 15) is 4.21 Å². The third kappa shape index (κ3) is 3.46. The molecule has 1 nitrogen and oxygen atoms in total. The fourth-order valence-corrected chi connectivity index (χ4v) is 1.60. The molecule has 1 atom stereocenters. The maximum atomic E-state index is 11.7. The van der Waals surface area contributed by atoms with Gasteiger partial charge in [-0.15, -0.1) is 0 Å². The van der Waals surface area contributed by atoms with E-state index >= 15 is 0 Å². The third-order valence-electron chi connectivity index (χ3n) is 1.79. The highest BCUT2D eigenvalue weighted by Crippen LogP contribution is 2.13. The summed E-state index contributed by atoms with van der Waals surface area (Å²) in [5.74, 6) is 0. The number of benzene rings is 1. The molecule has 0 saturated carbocycles. The summed E-state index contributed by atoms with van der Waals surface area (Å²) in [7, 11) is -0.918. The zero-order valence-corrected chi connectivity index (χ0v) is 9.67. The van der Waals surface area contributed by atoms with Gasteiger partial charge in [0.15, 0.2) is 0 Å². The standard InChI is InChI=1S/C12H16OS/c1-12(2,3)14(13)10-9-11-7-5-4-6-8-11/h4-10H,1-3H3/b10-9-. The minimum absolute atomic E-state index is 0.175. The van der Waals surface area contributed by atoms with Crippen LogP contribution in [0.2, 0.25) is 0 Å². The summed E-state index contributed by atoms with van der Waals surface area (Å²) in [6.07, 6.45) is 1.90. The van der Waals surface area contributed by atoms with Crippen molar-refractivity contribution in [2.24, 2.45) is 0 Å². The molecule has 14 heavy (non-hydrogen) atoms. The van der Waals surface area contributed by atoms with Crippen LogP contribution >= 0.6 is 0 Å². The molecule has 1 rings (SSSR count). The van der Waals surface area contributed by atoms with Crippen molar-refractivity contribution in [2.75, 3.05) is 0 Å². The van der Waals surface area contributed by atoms with Gasteiger partial charge in [0.2, 0.25) is 0 Å². The first-order chi connectivity index (χ1) is 6.50. The smallest absolute Gasteiger partial charge is 0.0510 e. The number of rotatable bonds is 2. The summed E-state index contributed by atoms with van der Waals surface area (Å²) in [6, 6.07) is 9.91. The van der Waals surface area contributed by atoms with Gasteiger partial charge in [0.05, 0.1) is 10.8 Å². The second kappa shape index (κ2) is 4.56. The SMILES string of the molecule is CC(C)(C)S(=O)/C=C\c1ccccc1. The lowest BCUT2D eigenvalue weighted by molar-refractivity contribution is 0.656. The molecule has 0 spiro atoms. The van der Waals surface area contributed by atoms with E-state index < -0.39 is 10.8 Å². The molecule has 0 fully saturated rings. The van der Waals surface area contributed by atoms with Crippen LogP contribution in [0.1, 0.15) is 26.3 Å². The normalized spacial score (nSPS) is 14.5. The fraction of sp³-hybridized carbons (Fsp3) is 0.333. The molecule has 0 saturated heterocycles. The first kappa shape index (κ1) is 11.2. The van der Waals surface area contributed by atoms with Gasteiger partial charge >= 0.3 is 0 Å². The van der Waals surface area contributed by atoms with Gasteiger partial charge in [-0.2, -0.15) is 0 Å². The summed E-state index contributed by atoms with van der Waals surface area (Å²) < 4.78 is 11.5. The highest BCUT2D eigenvalue weighted by Gasteiger charge is 2.16. The largest absolute Gasteiger partial charge is 0.254 e. The van der Waals surface area contributed by atoms with Crippen LogP contribution in [0.4, 0.5) is 0 Å². The number of hydrogen-bond acceptors (Lipinski definition) is 1. The average Bonchev–Trinajstić information content (AvgIpc) is 2.14. The lowest BCUT2D eigenvalue weighted by atomic mass is 10.2. The van der Waals surface area contributed by atoms with Crippen molar-refractivity contribution < 1.29 is 4.21 Å². The maximum Gasteiger partial charge on any atom is 0.0510 e. The minimum Gasteiger partial charge on any atom is -0.254 e. The fourth-order valence-electron chi connectivity index (χ4n) is 0.909. The van der Waals surface area contributed by atoms with Gasteiger partial charge in [-0.1, -0.05) is 30.3 Å². The molecule has 2 heteroatoms. The van der Waals surface area contributed by atoms with Crippen LogP contribution in [0.25, 0.3) is 6.08 Å². The lowest BCUT2D eigenvalue weighted by Crippen LogP contribution is -2.19. The van der Waals surface area contributed by atoms with Gasteiger partial charge in [0.1, 0.15) is 0 Å². The first-order valence-electron chi connectivity index (χ1n) is 4.64.